The van der Waals surface area contributed by atoms with E-state index in [1.54, 1.807) is 17.3 Å². The van der Waals surface area contributed by atoms with Crippen molar-refractivity contribution in [1.82, 2.24) is 24.6 Å². The molecule has 0 unspecified atom stereocenters. The van der Waals surface area contributed by atoms with Gasteiger partial charge in [-0.1, -0.05) is 0 Å². The van der Waals surface area contributed by atoms with Crippen molar-refractivity contribution < 1.29 is 13.9 Å². The number of hydrogen-bond acceptors (Lipinski definition) is 6. The highest BCUT2D eigenvalue weighted by Gasteiger charge is 2.39. The monoisotopic (exact) mass is 552 g/mol. The molecule has 9 heteroatoms. The minimum absolute atomic E-state index is 0.0950. The van der Waals surface area contributed by atoms with Crippen LogP contribution in [0.4, 0.5) is 15.9 Å². The van der Waals surface area contributed by atoms with Gasteiger partial charge in [0.1, 0.15) is 23.8 Å². The van der Waals surface area contributed by atoms with Gasteiger partial charge in [-0.2, -0.15) is 0 Å². The van der Waals surface area contributed by atoms with Gasteiger partial charge < -0.3 is 9.30 Å². The number of rotatable bonds is 7. The third kappa shape index (κ3) is 4.33. The number of morpholine rings is 1. The molecule has 4 aliphatic rings. The van der Waals surface area contributed by atoms with Crippen molar-refractivity contribution >= 4 is 28.2 Å². The van der Waals surface area contributed by atoms with Gasteiger partial charge in [0.15, 0.2) is 0 Å². The highest BCUT2D eigenvalue weighted by Crippen LogP contribution is 2.49. The smallest absolute Gasteiger partial charge is 0.264 e. The van der Waals surface area contributed by atoms with Crippen LogP contribution in [0.3, 0.4) is 0 Å². The van der Waals surface area contributed by atoms with Crippen LogP contribution in [0.15, 0.2) is 42.7 Å². The van der Waals surface area contributed by atoms with Crippen LogP contribution in [-0.2, 0) is 18.3 Å². The number of carbonyl (C=O) groups excluding carboxylic acids is 1. The van der Waals surface area contributed by atoms with Crippen LogP contribution in [0.25, 0.3) is 10.8 Å². The molecule has 210 valence electrons. The minimum Gasteiger partial charge on any atom is -0.376 e. The van der Waals surface area contributed by atoms with Crippen LogP contribution in [-0.4, -0.2) is 56.4 Å². The number of nitrogens with zero attached hydrogens (tertiary/aromatic N) is 6. The number of halogens is 1. The zero-order valence-corrected chi connectivity index (χ0v) is 23.4. The lowest BCUT2D eigenvalue weighted by Gasteiger charge is -2.31. The van der Waals surface area contributed by atoms with Crippen LogP contribution in [0.5, 0.6) is 0 Å². The number of amides is 1. The normalized spacial score (nSPS) is 21.7. The van der Waals surface area contributed by atoms with Crippen LogP contribution in [0.1, 0.15) is 77.4 Å². The highest BCUT2D eigenvalue weighted by molar-refractivity contribution is 6.27. The Labute approximate surface area is 238 Å². The number of aryl methyl sites for hydroxylation is 1. The fraction of sp³-hybridized carbons (Fsp3) is 0.438. The molecule has 1 amide bonds. The first-order valence-electron chi connectivity index (χ1n) is 14.7. The zero-order valence-electron chi connectivity index (χ0n) is 23.4. The second-order valence-corrected chi connectivity index (χ2v) is 12.3. The number of benzene rings is 2. The lowest BCUT2D eigenvalue weighted by atomic mass is 9.92. The van der Waals surface area contributed by atoms with Crippen LogP contribution < -0.4 is 4.90 Å². The van der Waals surface area contributed by atoms with E-state index in [4.69, 9.17) is 9.72 Å². The van der Waals surface area contributed by atoms with E-state index in [-0.39, 0.29) is 23.7 Å². The molecule has 2 aromatic carbocycles. The predicted molar refractivity (Wildman–Crippen MR) is 153 cm³/mol. The molecular weight excluding hydrogens is 519 g/mol. The predicted octanol–water partition coefficient (Wildman–Crippen LogP) is 5.43. The Balaban J connectivity index is 1.22. The first-order valence-corrected chi connectivity index (χ1v) is 14.7. The molecule has 8 nitrogen and oxygen atoms in total. The van der Waals surface area contributed by atoms with Gasteiger partial charge in [0.25, 0.3) is 5.91 Å². The molecule has 4 heterocycles. The molecule has 0 radical (unpaired) electrons. The number of aromatic nitrogens is 4. The van der Waals surface area contributed by atoms with E-state index >= 15 is 4.39 Å². The Kier molecular flexibility index (Phi) is 5.76. The summed E-state index contributed by atoms with van der Waals surface area (Å²) in [6.45, 7) is 5.01. The highest BCUT2D eigenvalue weighted by atomic mass is 19.1. The molecule has 0 bridgehead atoms. The van der Waals surface area contributed by atoms with E-state index in [1.165, 1.54) is 6.07 Å². The number of pyridine rings is 1. The average Bonchev–Trinajstić information content (AvgIpc) is 3.89. The molecular formula is C32H33FN6O2. The van der Waals surface area contributed by atoms with Gasteiger partial charge >= 0.3 is 0 Å². The maximum Gasteiger partial charge on any atom is 0.264 e. The third-order valence-corrected chi connectivity index (χ3v) is 9.06. The molecule has 2 aliphatic carbocycles. The summed E-state index contributed by atoms with van der Waals surface area (Å²) in [6.07, 6.45) is 6.40. The second-order valence-electron chi connectivity index (χ2n) is 12.3. The van der Waals surface area contributed by atoms with Crippen molar-refractivity contribution in [3.8, 4) is 0 Å². The van der Waals surface area contributed by atoms with Gasteiger partial charge in [-0.3, -0.25) is 14.6 Å². The lowest BCUT2D eigenvalue weighted by molar-refractivity contribution is -0.0212. The summed E-state index contributed by atoms with van der Waals surface area (Å²) in [7, 11) is 1.99. The SMILES string of the molecule is C[C@@H]1CN(Cc2cc3c4c(ccc(F)c4c2)N(c2cc([C@H](c4nncn4C)C4CC4)cc(C4CC4)n2)C3=O)CCO1. The molecule has 2 aromatic heterocycles. The minimum atomic E-state index is -0.312. The van der Waals surface area contributed by atoms with E-state index in [9.17, 15) is 4.79 Å². The fourth-order valence-corrected chi connectivity index (χ4v) is 6.76. The topological polar surface area (TPSA) is 76.4 Å². The Bertz CT molecular complexity index is 1690. The number of carbonyl (C=O) groups is 1. The largest absolute Gasteiger partial charge is 0.376 e. The lowest BCUT2D eigenvalue weighted by Crippen LogP contribution is -2.40. The standard InChI is InChI=1S/C32H33FN6O2/c1-18-15-38(9-10-41-18)16-19-11-23-25(33)7-8-27-30(23)24(12-19)32(40)39(27)28-14-22(13-26(35-28)20-3-4-20)29(21-5-6-21)31-36-34-17-37(31)2/h7-8,11-14,17-18,20-21,29H,3-6,9-10,15-16H2,1-2H3/t18-,29-/m1/s1. The molecule has 2 aliphatic heterocycles. The Morgan fingerprint density at radius 3 is 2.71 bits per heavy atom. The van der Waals surface area contributed by atoms with Crippen molar-refractivity contribution in [3.63, 3.8) is 0 Å². The quantitative estimate of drug-likeness (QED) is 0.304. The zero-order chi connectivity index (χ0) is 27.8. The van der Waals surface area contributed by atoms with Crippen molar-refractivity contribution in [2.75, 3.05) is 24.6 Å². The van der Waals surface area contributed by atoms with Gasteiger partial charge in [0.05, 0.1) is 24.0 Å². The molecule has 0 spiro atoms. The Morgan fingerprint density at radius 1 is 1.12 bits per heavy atom. The number of hydrogen-bond donors (Lipinski definition) is 0. The van der Waals surface area contributed by atoms with Crippen LogP contribution >= 0.6 is 0 Å². The van der Waals surface area contributed by atoms with Gasteiger partial charge in [0, 0.05) is 55.0 Å². The summed E-state index contributed by atoms with van der Waals surface area (Å²) in [5.74, 6) is 2.08. The van der Waals surface area contributed by atoms with Gasteiger partial charge in [-0.05, 0) is 86.1 Å². The fourth-order valence-electron chi connectivity index (χ4n) is 6.76. The van der Waals surface area contributed by atoms with E-state index in [2.05, 4.69) is 34.2 Å². The third-order valence-electron chi connectivity index (χ3n) is 9.06. The first kappa shape index (κ1) is 25.1. The van der Waals surface area contributed by atoms with Crippen LogP contribution in [0.2, 0.25) is 0 Å². The summed E-state index contributed by atoms with van der Waals surface area (Å²) in [5, 5.41) is 9.80. The molecule has 41 heavy (non-hydrogen) atoms. The summed E-state index contributed by atoms with van der Waals surface area (Å²) in [6, 6.07) is 11.3. The molecule has 3 fully saturated rings. The van der Waals surface area contributed by atoms with E-state index in [0.717, 1.165) is 61.4 Å². The molecule has 0 N–H and O–H groups in total. The molecule has 4 aromatic rings. The Hall–Kier alpha value is -3.69. The molecule has 2 saturated carbocycles. The molecule has 8 rings (SSSR count). The first-order chi connectivity index (χ1) is 19.9. The summed E-state index contributed by atoms with van der Waals surface area (Å²) in [5.41, 5.74) is 4.32. The summed E-state index contributed by atoms with van der Waals surface area (Å²) >= 11 is 0. The molecule has 2 atom stereocenters. The van der Waals surface area contributed by atoms with Crippen molar-refractivity contribution in [2.45, 2.75) is 57.1 Å². The van der Waals surface area contributed by atoms with E-state index in [0.29, 0.717) is 52.8 Å². The van der Waals surface area contributed by atoms with Gasteiger partial charge in [0.2, 0.25) is 0 Å². The van der Waals surface area contributed by atoms with Crippen LogP contribution in [0, 0.1) is 11.7 Å². The van der Waals surface area contributed by atoms with Crippen molar-refractivity contribution in [3.05, 3.63) is 76.8 Å². The molecule has 1 saturated heterocycles. The van der Waals surface area contributed by atoms with E-state index < -0.39 is 0 Å². The number of anilines is 2. The Morgan fingerprint density at radius 2 is 1.98 bits per heavy atom. The maximum atomic E-state index is 15.3. The summed E-state index contributed by atoms with van der Waals surface area (Å²) < 4.78 is 23.0. The number of ether oxygens (including phenoxy) is 1. The summed E-state index contributed by atoms with van der Waals surface area (Å²) in [4.78, 5) is 23.3. The maximum absolute atomic E-state index is 15.3. The van der Waals surface area contributed by atoms with Crippen molar-refractivity contribution in [2.24, 2.45) is 13.0 Å². The van der Waals surface area contributed by atoms with Gasteiger partial charge in [-0.15, -0.1) is 10.2 Å². The van der Waals surface area contributed by atoms with Crippen molar-refractivity contribution in [1.29, 1.82) is 0 Å². The second kappa shape index (κ2) is 9.42. The van der Waals surface area contributed by atoms with E-state index in [1.807, 2.05) is 23.7 Å². The average molecular weight is 553 g/mol. The van der Waals surface area contributed by atoms with Gasteiger partial charge in [-0.25, -0.2) is 9.37 Å².